The van der Waals surface area contributed by atoms with Gasteiger partial charge in [-0.3, -0.25) is 9.59 Å². The number of rotatable bonds is 7. The van der Waals surface area contributed by atoms with Gasteiger partial charge in [-0.1, -0.05) is 0 Å². The van der Waals surface area contributed by atoms with Crippen LogP contribution in [0.15, 0.2) is 36.9 Å². The first kappa shape index (κ1) is 21.1. The lowest BCUT2D eigenvalue weighted by Crippen LogP contribution is -2.39. The van der Waals surface area contributed by atoms with E-state index in [1.54, 1.807) is 6.20 Å². The minimum absolute atomic E-state index is 0.0228. The predicted molar refractivity (Wildman–Crippen MR) is 120 cm³/mol. The highest BCUT2D eigenvalue weighted by atomic mass is 16.2. The number of aryl methyl sites for hydroxylation is 3. The van der Waals surface area contributed by atoms with Crippen molar-refractivity contribution in [2.24, 2.45) is 5.92 Å². The molecule has 0 atom stereocenters. The highest BCUT2D eigenvalue weighted by Gasteiger charge is 2.24. The summed E-state index contributed by atoms with van der Waals surface area (Å²) in [4.78, 5) is 35.6. The molecular weight excluding hydrogens is 392 g/mol. The molecule has 1 aliphatic rings. The van der Waals surface area contributed by atoms with E-state index in [1.807, 2.05) is 47.1 Å². The Morgan fingerprint density at radius 2 is 1.97 bits per heavy atom. The van der Waals surface area contributed by atoms with Gasteiger partial charge in [-0.15, -0.1) is 0 Å². The molecule has 0 saturated carbocycles. The van der Waals surface area contributed by atoms with Crippen LogP contribution in [0.2, 0.25) is 0 Å². The Balaban J connectivity index is 1.22. The van der Waals surface area contributed by atoms with Gasteiger partial charge in [-0.05, 0) is 50.8 Å². The van der Waals surface area contributed by atoms with E-state index in [2.05, 4.69) is 26.8 Å². The van der Waals surface area contributed by atoms with Crippen LogP contribution in [-0.4, -0.2) is 48.9 Å². The van der Waals surface area contributed by atoms with E-state index < -0.39 is 0 Å². The standard InChI is InChI=1S/C23H30N6O2/c1-3-27-16-25-20-15-19(4-5-21(20)27)26-22(30)14-18-6-10-29(11-7-18)23(31)8-12-28-13-9-24-17(28)2/h4-5,9,13,15-16,18H,3,6-8,10-12,14H2,1-2H3,(H,26,30). The number of hydrogen-bond donors (Lipinski definition) is 1. The van der Waals surface area contributed by atoms with Gasteiger partial charge in [0.2, 0.25) is 11.8 Å². The molecule has 3 heterocycles. The first-order chi connectivity index (χ1) is 15.0. The van der Waals surface area contributed by atoms with Crippen molar-refractivity contribution in [1.82, 2.24) is 24.0 Å². The quantitative estimate of drug-likeness (QED) is 0.634. The molecule has 164 valence electrons. The Morgan fingerprint density at radius 1 is 1.16 bits per heavy atom. The minimum Gasteiger partial charge on any atom is -0.343 e. The molecule has 1 N–H and O–H groups in total. The molecule has 1 aliphatic heterocycles. The summed E-state index contributed by atoms with van der Waals surface area (Å²) in [6.07, 6.45) is 8.18. The van der Waals surface area contributed by atoms with Gasteiger partial charge < -0.3 is 19.4 Å². The van der Waals surface area contributed by atoms with Crippen molar-refractivity contribution in [3.05, 3.63) is 42.7 Å². The highest BCUT2D eigenvalue weighted by molar-refractivity contribution is 5.93. The molecule has 3 aromatic rings. The van der Waals surface area contributed by atoms with Crippen LogP contribution in [0.25, 0.3) is 11.0 Å². The zero-order valence-corrected chi connectivity index (χ0v) is 18.3. The number of amides is 2. The smallest absolute Gasteiger partial charge is 0.224 e. The number of likely N-dealkylation sites (tertiary alicyclic amines) is 1. The number of carbonyl (C=O) groups excluding carboxylic acids is 2. The average molecular weight is 423 g/mol. The summed E-state index contributed by atoms with van der Waals surface area (Å²) in [6, 6.07) is 5.84. The molecule has 1 aromatic carbocycles. The first-order valence-corrected chi connectivity index (χ1v) is 11.0. The SMILES string of the molecule is CCn1cnc2cc(NC(=O)CC3CCN(C(=O)CCn4ccnc4C)CC3)ccc21. The maximum atomic E-state index is 12.5. The number of nitrogens with one attached hydrogen (secondary N) is 1. The number of anilines is 1. The van der Waals surface area contributed by atoms with Crippen molar-refractivity contribution < 1.29 is 9.59 Å². The summed E-state index contributed by atoms with van der Waals surface area (Å²) in [5.41, 5.74) is 2.74. The average Bonchev–Trinajstić information content (AvgIpc) is 3.37. The van der Waals surface area contributed by atoms with Gasteiger partial charge in [0.05, 0.1) is 17.4 Å². The molecule has 2 amide bonds. The third kappa shape index (κ3) is 4.95. The summed E-state index contributed by atoms with van der Waals surface area (Å²) >= 11 is 0. The fourth-order valence-corrected chi connectivity index (χ4v) is 4.27. The molecule has 0 spiro atoms. The van der Waals surface area contributed by atoms with E-state index in [-0.39, 0.29) is 11.8 Å². The van der Waals surface area contributed by atoms with Crippen LogP contribution in [0.3, 0.4) is 0 Å². The molecule has 0 unspecified atom stereocenters. The third-order valence-corrected chi connectivity index (χ3v) is 6.18. The van der Waals surface area contributed by atoms with Crippen LogP contribution in [-0.2, 0) is 22.7 Å². The Morgan fingerprint density at radius 3 is 2.68 bits per heavy atom. The summed E-state index contributed by atoms with van der Waals surface area (Å²) in [5.74, 6) is 1.43. The number of nitrogens with zero attached hydrogens (tertiary/aromatic N) is 5. The molecule has 2 aromatic heterocycles. The second kappa shape index (κ2) is 9.32. The molecule has 8 heteroatoms. The van der Waals surface area contributed by atoms with Gasteiger partial charge in [0.1, 0.15) is 5.82 Å². The van der Waals surface area contributed by atoms with Crippen LogP contribution in [0.1, 0.15) is 38.4 Å². The molecule has 1 fully saturated rings. The molecule has 4 rings (SSSR count). The summed E-state index contributed by atoms with van der Waals surface area (Å²) < 4.78 is 4.08. The number of fused-ring (bicyclic) bond motifs is 1. The van der Waals surface area contributed by atoms with Crippen molar-refractivity contribution in [1.29, 1.82) is 0 Å². The van der Waals surface area contributed by atoms with Crippen LogP contribution in [0, 0.1) is 12.8 Å². The topological polar surface area (TPSA) is 85.0 Å². The van der Waals surface area contributed by atoms with E-state index in [1.165, 1.54) is 0 Å². The number of benzene rings is 1. The molecule has 0 radical (unpaired) electrons. The second-order valence-corrected chi connectivity index (χ2v) is 8.23. The molecule has 0 aliphatic carbocycles. The predicted octanol–water partition coefficient (Wildman–Crippen LogP) is 3.22. The van der Waals surface area contributed by atoms with Gasteiger partial charge in [-0.2, -0.15) is 0 Å². The van der Waals surface area contributed by atoms with E-state index >= 15 is 0 Å². The van der Waals surface area contributed by atoms with Crippen LogP contribution >= 0.6 is 0 Å². The fourth-order valence-electron chi connectivity index (χ4n) is 4.27. The molecule has 31 heavy (non-hydrogen) atoms. The first-order valence-electron chi connectivity index (χ1n) is 11.0. The normalized spacial score (nSPS) is 14.8. The van der Waals surface area contributed by atoms with Crippen LogP contribution < -0.4 is 5.32 Å². The fraction of sp³-hybridized carbons (Fsp3) is 0.478. The molecule has 1 saturated heterocycles. The zero-order valence-electron chi connectivity index (χ0n) is 18.3. The minimum atomic E-state index is 0.0228. The van der Waals surface area contributed by atoms with Gasteiger partial charge >= 0.3 is 0 Å². The lowest BCUT2D eigenvalue weighted by Gasteiger charge is -2.32. The van der Waals surface area contributed by atoms with Crippen molar-refractivity contribution in [3.63, 3.8) is 0 Å². The Bertz CT molecular complexity index is 1060. The number of piperidine rings is 1. The Labute approximate surface area is 182 Å². The number of aromatic nitrogens is 4. The monoisotopic (exact) mass is 422 g/mol. The zero-order chi connectivity index (χ0) is 21.8. The van der Waals surface area contributed by atoms with Crippen molar-refractivity contribution in [2.45, 2.75) is 52.6 Å². The Hall–Kier alpha value is -3.16. The van der Waals surface area contributed by atoms with Gasteiger partial charge in [0, 0.05) is 57.1 Å². The van der Waals surface area contributed by atoms with Crippen molar-refractivity contribution >= 4 is 28.5 Å². The largest absolute Gasteiger partial charge is 0.343 e. The van der Waals surface area contributed by atoms with Gasteiger partial charge in [0.25, 0.3) is 0 Å². The van der Waals surface area contributed by atoms with E-state index in [4.69, 9.17) is 0 Å². The van der Waals surface area contributed by atoms with Crippen LogP contribution in [0.4, 0.5) is 5.69 Å². The molecule has 0 bridgehead atoms. The van der Waals surface area contributed by atoms with E-state index in [0.717, 1.165) is 55.0 Å². The van der Waals surface area contributed by atoms with Gasteiger partial charge in [-0.25, -0.2) is 9.97 Å². The number of carbonyl (C=O) groups is 2. The maximum absolute atomic E-state index is 12.5. The van der Waals surface area contributed by atoms with Crippen molar-refractivity contribution in [2.75, 3.05) is 18.4 Å². The maximum Gasteiger partial charge on any atom is 0.224 e. The number of hydrogen-bond acceptors (Lipinski definition) is 4. The summed E-state index contributed by atoms with van der Waals surface area (Å²) in [7, 11) is 0. The number of imidazole rings is 2. The lowest BCUT2D eigenvalue weighted by atomic mass is 9.93. The molecular formula is C23H30N6O2. The lowest BCUT2D eigenvalue weighted by molar-refractivity contribution is -0.132. The molecule has 8 nitrogen and oxygen atoms in total. The summed E-state index contributed by atoms with van der Waals surface area (Å²) in [6.45, 7) is 6.99. The van der Waals surface area contributed by atoms with Gasteiger partial charge in [0.15, 0.2) is 0 Å². The third-order valence-electron chi connectivity index (χ3n) is 6.18. The summed E-state index contributed by atoms with van der Waals surface area (Å²) in [5, 5.41) is 3.01. The van der Waals surface area contributed by atoms with Crippen molar-refractivity contribution in [3.8, 4) is 0 Å². The second-order valence-electron chi connectivity index (χ2n) is 8.23. The van der Waals surface area contributed by atoms with Crippen LogP contribution in [0.5, 0.6) is 0 Å². The van der Waals surface area contributed by atoms with E-state index in [9.17, 15) is 9.59 Å². The highest BCUT2D eigenvalue weighted by Crippen LogP contribution is 2.23. The van der Waals surface area contributed by atoms with E-state index in [0.29, 0.717) is 25.3 Å². The Kier molecular flexibility index (Phi) is 6.34.